The van der Waals surface area contributed by atoms with Crippen LogP contribution >= 0.6 is 35.0 Å². The lowest BCUT2D eigenvalue weighted by Gasteiger charge is -2.17. The molecule has 10 heteroatoms. The molecule has 1 aliphatic heterocycles. The van der Waals surface area contributed by atoms with Crippen molar-refractivity contribution in [3.05, 3.63) is 28.4 Å². The molecule has 0 saturated carbocycles. The van der Waals surface area contributed by atoms with Gasteiger partial charge in [0, 0.05) is 29.8 Å². The highest BCUT2D eigenvalue weighted by Crippen LogP contribution is 2.46. The Balaban J connectivity index is 1.67. The predicted molar refractivity (Wildman–Crippen MR) is 141 cm³/mol. The number of anilines is 1. The number of pyridine rings is 1. The van der Waals surface area contributed by atoms with Gasteiger partial charge in [0.25, 0.3) is 0 Å². The number of aromatic nitrogens is 3. The van der Waals surface area contributed by atoms with Crippen molar-refractivity contribution in [1.29, 1.82) is 0 Å². The first kappa shape index (κ1) is 25.1. The number of likely N-dealkylation sites (tertiary alicyclic amines) is 1. The lowest BCUT2D eigenvalue weighted by Crippen LogP contribution is -2.21. The lowest BCUT2D eigenvalue weighted by atomic mass is 10.1. The van der Waals surface area contributed by atoms with Gasteiger partial charge in [0.15, 0.2) is 11.0 Å². The van der Waals surface area contributed by atoms with Gasteiger partial charge in [0.05, 0.1) is 30.0 Å². The second kappa shape index (κ2) is 11.6. The van der Waals surface area contributed by atoms with Crippen LogP contribution in [-0.4, -0.2) is 66.5 Å². The van der Waals surface area contributed by atoms with Crippen LogP contribution in [0.4, 0.5) is 5.82 Å². The van der Waals surface area contributed by atoms with Crippen molar-refractivity contribution in [3.63, 3.8) is 0 Å². The number of nitrogens with zero attached hydrogens (tertiary/aromatic N) is 4. The van der Waals surface area contributed by atoms with Crippen LogP contribution in [0, 0.1) is 0 Å². The molecule has 0 unspecified atom stereocenters. The van der Waals surface area contributed by atoms with Gasteiger partial charge >= 0.3 is 0 Å². The zero-order chi connectivity index (χ0) is 24.1. The molecule has 182 valence electrons. The van der Waals surface area contributed by atoms with Crippen LogP contribution < -0.4 is 14.8 Å². The van der Waals surface area contributed by atoms with Crippen molar-refractivity contribution < 1.29 is 9.47 Å². The Bertz CT molecular complexity index is 1130. The van der Waals surface area contributed by atoms with E-state index in [1.807, 2.05) is 12.3 Å². The quantitative estimate of drug-likeness (QED) is 0.197. The number of rotatable bonds is 10. The fourth-order valence-electron chi connectivity index (χ4n) is 4.16. The van der Waals surface area contributed by atoms with Crippen molar-refractivity contribution in [2.24, 2.45) is 0 Å². The molecule has 1 aliphatic rings. The fraction of sp³-hybridized carbons (Fsp3) is 0.458. The van der Waals surface area contributed by atoms with E-state index in [0.717, 1.165) is 36.8 Å². The van der Waals surface area contributed by atoms with E-state index in [4.69, 9.17) is 42.6 Å². The summed E-state index contributed by atoms with van der Waals surface area (Å²) in [4.78, 5) is 16.6. The first-order chi connectivity index (χ1) is 16.5. The van der Waals surface area contributed by atoms with E-state index in [0.29, 0.717) is 43.8 Å². The Kier molecular flexibility index (Phi) is 8.58. The first-order valence-electron chi connectivity index (χ1n) is 11.3. The number of nitrogens with one attached hydrogen (secondary N) is 1. The van der Waals surface area contributed by atoms with Crippen LogP contribution in [0.1, 0.15) is 25.7 Å². The summed E-state index contributed by atoms with van der Waals surface area (Å²) in [6.07, 6.45) is 8.57. The summed E-state index contributed by atoms with van der Waals surface area (Å²) in [6, 6.07) is 3.56. The third kappa shape index (κ3) is 5.46. The average Bonchev–Trinajstić information content (AvgIpc) is 3.37. The molecule has 4 rings (SSSR count). The third-order valence-corrected chi connectivity index (χ3v) is 7.26. The molecule has 3 aromatic rings. The van der Waals surface area contributed by atoms with Gasteiger partial charge in [-0.05, 0) is 57.6 Å². The second-order valence-corrected chi connectivity index (χ2v) is 9.65. The van der Waals surface area contributed by atoms with E-state index in [9.17, 15) is 0 Å². The molecular weight excluding hydrogens is 493 g/mol. The normalized spacial score (nSPS) is 14.0. The molecule has 0 amide bonds. The standard InChI is InChI=1S/C24H29Cl2N5O2S/c1-32-17-13-18(33-2)21(26)19(20(17)25)16-12-15-14-28-24(34-3)30-22(15)23(29-16)27-8-4-5-9-31-10-6-7-11-31/h12-14H,4-11H2,1-3H3,(H,27,29). The maximum atomic E-state index is 6.67. The van der Waals surface area contributed by atoms with Gasteiger partial charge in [-0.3, -0.25) is 0 Å². The Morgan fingerprint density at radius 3 is 2.38 bits per heavy atom. The van der Waals surface area contributed by atoms with E-state index in [1.54, 1.807) is 26.5 Å². The maximum absolute atomic E-state index is 6.67. The number of unbranched alkanes of at least 4 members (excludes halogenated alkanes) is 1. The molecule has 1 saturated heterocycles. The van der Waals surface area contributed by atoms with E-state index >= 15 is 0 Å². The lowest BCUT2D eigenvalue weighted by molar-refractivity contribution is 0.331. The molecular formula is C24H29Cl2N5O2S. The van der Waals surface area contributed by atoms with Crippen molar-refractivity contribution in [2.75, 3.05) is 52.0 Å². The van der Waals surface area contributed by atoms with E-state index < -0.39 is 0 Å². The molecule has 2 aromatic heterocycles. The monoisotopic (exact) mass is 521 g/mol. The van der Waals surface area contributed by atoms with Crippen LogP contribution in [-0.2, 0) is 0 Å². The third-order valence-electron chi connectivity index (χ3n) is 5.95. The number of fused-ring (bicyclic) bond motifs is 1. The Hall–Kier alpha value is -2.00. The number of benzene rings is 1. The molecule has 1 N–H and O–H groups in total. The highest BCUT2D eigenvalue weighted by Gasteiger charge is 2.21. The zero-order valence-electron chi connectivity index (χ0n) is 19.7. The highest BCUT2D eigenvalue weighted by atomic mass is 35.5. The zero-order valence-corrected chi connectivity index (χ0v) is 22.0. The maximum Gasteiger partial charge on any atom is 0.187 e. The molecule has 1 fully saturated rings. The Morgan fingerprint density at radius 1 is 1.03 bits per heavy atom. The molecule has 0 bridgehead atoms. The van der Waals surface area contributed by atoms with Crippen LogP contribution in [0.5, 0.6) is 11.5 Å². The molecule has 3 heterocycles. The van der Waals surface area contributed by atoms with Gasteiger partial charge < -0.3 is 19.7 Å². The summed E-state index contributed by atoms with van der Waals surface area (Å²) >= 11 is 14.8. The average molecular weight is 523 g/mol. The van der Waals surface area contributed by atoms with Crippen LogP contribution in [0.25, 0.3) is 22.2 Å². The molecule has 1 aromatic carbocycles. The molecule has 0 aliphatic carbocycles. The molecule has 0 radical (unpaired) electrons. The van der Waals surface area contributed by atoms with Crippen molar-refractivity contribution in [1.82, 2.24) is 19.9 Å². The minimum Gasteiger partial charge on any atom is -0.495 e. The molecule has 0 spiro atoms. The molecule has 7 nitrogen and oxygen atoms in total. The molecule has 0 atom stereocenters. The summed E-state index contributed by atoms with van der Waals surface area (Å²) in [5.74, 6) is 1.61. The van der Waals surface area contributed by atoms with Gasteiger partial charge in [-0.2, -0.15) is 0 Å². The van der Waals surface area contributed by atoms with Crippen LogP contribution in [0.2, 0.25) is 10.0 Å². The smallest absolute Gasteiger partial charge is 0.187 e. The minimum atomic E-state index is 0.373. The molecule has 34 heavy (non-hydrogen) atoms. The summed E-state index contributed by atoms with van der Waals surface area (Å²) in [7, 11) is 3.11. The minimum absolute atomic E-state index is 0.373. The van der Waals surface area contributed by atoms with E-state index in [-0.39, 0.29) is 0 Å². The predicted octanol–water partition coefficient (Wildman–Crippen LogP) is 6.03. The number of methoxy groups -OCH3 is 2. The van der Waals surface area contributed by atoms with Gasteiger partial charge in [-0.1, -0.05) is 35.0 Å². The van der Waals surface area contributed by atoms with Gasteiger partial charge in [-0.25, -0.2) is 15.0 Å². The number of thioether (sulfide) groups is 1. The van der Waals surface area contributed by atoms with E-state index in [1.165, 1.54) is 37.7 Å². The number of hydrogen-bond acceptors (Lipinski definition) is 8. The van der Waals surface area contributed by atoms with Crippen molar-refractivity contribution >= 4 is 51.7 Å². The summed E-state index contributed by atoms with van der Waals surface area (Å²) in [5, 5.41) is 5.78. The number of halogens is 2. The summed E-state index contributed by atoms with van der Waals surface area (Å²) in [5.41, 5.74) is 1.91. The van der Waals surface area contributed by atoms with Crippen LogP contribution in [0.15, 0.2) is 23.5 Å². The second-order valence-electron chi connectivity index (χ2n) is 8.12. The van der Waals surface area contributed by atoms with Gasteiger partial charge in [0.2, 0.25) is 0 Å². The van der Waals surface area contributed by atoms with Crippen molar-refractivity contribution in [3.8, 4) is 22.8 Å². The van der Waals surface area contributed by atoms with E-state index in [2.05, 4.69) is 15.2 Å². The highest BCUT2D eigenvalue weighted by molar-refractivity contribution is 7.98. The summed E-state index contributed by atoms with van der Waals surface area (Å²) in [6.45, 7) is 4.38. The number of hydrogen-bond donors (Lipinski definition) is 1. The van der Waals surface area contributed by atoms with Crippen LogP contribution in [0.3, 0.4) is 0 Å². The number of ether oxygens (including phenoxy) is 2. The SMILES string of the molecule is COc1cc(OC)c(Cl)c(-c2cc3cnc(SC)nc3c(NCCCCN3CCCC3)n2)c1Cl. The fourth-order valence-corrected chi connectivity index (χ4v) is 5.19. The Morgan fingerprint density at radius 2 is 1.74 bits per heavy atom. The van der Waals surface area contributed by atoms with Gasteiger partial charge in [-0.15, -0.1) is 0 Å². The van der Waals surface area contributed by atoms with Crippen molar-refractivity contribution in [2.45, 2.75) is 30.8 Å². The largest absolute Gasteiger partial charge is 0.495 e. The topological polar surface area (TPSA) is 72.4 Å². The van der Waals surface area contributed by atoms with Gasteiger partial charge in [0.1, 0.15) is 17.0 Å². The Labute approximate surface area is 214 Å². The first-order valence-corrected chi connectivity index (χ1v) is 13.3. The summed E-state index contributed by atoms with van der Waals surface area (Å²) < 4.78 is 10.9.